The minimum Gasteiger partial charge on any atom is -0.454 e. The van der Waals surface area contributed by atoms with Crippen LogP contribution in [0.1, 0.15) is 17.7 Å². The molecule has 0 aliphatic carbocycles. The molecule has 2 aromatic carbocycles. The van der Waals surface area contributed by atoms with Gasteiger partial charge < -0.3 is 18.5 Å². The van der Waals surface area contributed by atoms with Crippen molar-refractivity contribution in [2.24, 2.45) is 0 Å². The van der Waals surface area contributed by atoms with E-state index in [0.29, 0.717) is 33.9 Å². The molecule has 210 valence electrons. The smallest absolute Gasteiger partial charge is 0.419 e. The van der Waals surface area contributed by atoms with Crippen molar-refractivity contribution in [1.82, 2.24) is 19.1 Å². The van der Waals surface area contributed by atoms with E-state index < -0.39 is 32.1 Å². The first-order valence-electron chi connectivity index (χ1n) is 12.6. The number of aromatic nitrogens is 4. The number of hydrogen-bond donors (Lipinski definition) is 0. The van der Waals surface area contributed by atoms with Gasteiger partial charge in [-0.1, -0.05) is 18.2 Å². The molecule has 4 heterocycles. The van der Waals surface area contributed by atoms with E-state index >= 15 is 0 Å². The maximum Gasteiger partial charge on any atom is 0.419 e. The SMILES string of the molecule is Cc1cc(-c2cc(F)c(=O)n(Cc3ccc4c(c3)OCO4)c2)nc(S(=O)(=O)CCCn2c(=O)oc3ccccc32)n1. The Hall–Kier alpha value is -4.78. The summed E-state index contributed by atoms with van der Waals surface area (Å²) >= 11 is 0. The number of oxazole rings is 1. The summed E-state index contributed by atoms with van der Waals surface area (Å²) in [5, 5.41) is -0.425. The van der Waals surface area contributed by atoms with Gasteiger partial charge in [0, 0.05) is 24.0 Å². The van der Waals surface area contributed by atoms with Gasteiger partial charge in [-0.3, -0.25) is 9.36 Å². The summed E-state index contributed by atoms with van der Waals surface area (Å²) in [6.07, 6.45) is 1.53. The van der Waals surface area contributed by atoms with Crippen LogP contribution in [0.2, 0.25) is 0 Å². The molecule has 1 aliphatic rings. The van der Waals surface area contributed by atoms with Crippen LogP contribution >= 0.6 is 0 Å². The van der Waals surface area contributed by atoms with Gasteiger partial charge in [0.25, 0.3) is 5.56 Å². The highest BCUT2D eigenvalue weighted by molar-refractivity contribution is 7.91. The van der Waals surface area contributed by atoms with E-state index in [1.165, 1.54) is 21.4 Å². The lowest BCUT2D eigenvalue weighted by atomic mass is 10.1. The van der Waals surface area contributed by atoms with Crippen molar-refractivity contribution >= 4 is 20.9 Å². The van der Waals surface area contributed by atoms with Crippen LogP contribution in [0, 0.1) is 12.7 Å². The second-order valence-corrected chi connectivity index (χ2v) is 11.5. The molecule has 5 aromatic rings. The average molecular weight is 579 g/mol. The van der Waals surface area contributed by atoms with Crippen molar-refractivity contribution in [3.05, 3.63) is 98.8 Å². The molecule has 0 saturated heterocycles. The van der Waals surface area contributed by atoms with Gasteiger partial charge >= 0.3 is 5.76 Å². The van der Waals surface area contributed by atoms with Crippen LogP contribution in [0.15, 0.2) is 80.0 Å². The number of fused-ring (bicyclic) bond motifs is 2. The largest absolute Gasteiger partial charge is 0.454 e. The quantitative estimate of drug-likeness (QED) is 0.254. The fourth-order valence-electron chi connectivity index (χ4n) is 4.65. The van der Waals surface area contributed by atoms with Gasteiger partial charge in [-0.05, 0) is 55.3 Å². The monoisotopic (exact) mass is 578 g/mol. The molecule has 3 aromatic heterocycles. The van der Waals surface area contributed by atoms with Gasteiger partial charge in [-0.15, -0.1) is 0 Å². The number of nitrogens with zero attached hydrogens (tertiary/aromatic N) is 4. The Morgan fingerprint density at radius 2 is 1.80 bits per heavy atom. The Balaban J connectivity index is 1.26. The van der Waals surface area contributed by atoms with Crippen LogP contribution in [0.25, 0.3) is 22.4 Å². The molecule has 0 atom stereocenters. The topological polar surface area (TPSA) is 136 Å². The third-order valence-electron chi connectivity index (χ3n) is 6.61. The number of rotatable bonds is 8. The lowest BCUT2D eigenvalue weighted by Gasteiger charge is -2.11. The normalized spacial score (nSPS) is 12.7. The Labute approximate surface area is 232 Å². The summed E-state index contributed by atoms with van der Waals surface area (Å²) in [5.74, 6) is -0.812. The van der Waals surface area contributed by atoms with Crippen LogP contribution in [0.5, 0.6) is 11.5 Å². The van der Waals surface area contributed by atoms with Crippen molar-refractivity contribution in [2.45, 2.75) is 31.6 Å². The predicted octanol–water partition coefficient (Wildman–Crippen LogP) is 3.30. The molecule has 11 nitrogen and oxygen atoms in total. The fraction of sp³-hybridized carbons (Fsp3) is 0.214. The number of halogens is 1. The van der Waals surface area contributed by atoms with Crippen molar-refractivity contribution in [3.8, 4) is 22.8 Å². The third-order valence-corrected chi connectivity index (χ3v) is 8.17. The Bertz CT molecular complexity index is 2030. The molecule has 0 unspecified atom stereocenters. The lowest BCUT2D eigenvalue weighted by molar-refractivity contribution is 0.174. The van der Waals surface area contributed by atoms with Gasteiger partial charge in [-0.25, -0.2) is 27.6 Å². The summed E-state index contributed by atoms with van der Waals surface area (Å²) in [6.45, 7) is 1.85. The number of aryl methyl sites for hydroxylation is 2. The first-order valence-corrected chi connectivity index (χ1v) is 14.3. The summed E-state index contributed by atoms with van der Waals surface area (Å²) in [4.78, 5) is 33.1. The van der Waals surface area contributed by atoms with E-state index in [1.807, 2.05) is 0 Å². The van der Waals surface area contributed by atoms with Crippen molar-refractivity contribution in [2.75, 3.05) is 12.5 Å². The third kappa shape index (κ3) is 5.23. The standard InChI is InChI=1S/C28H23FN4O7S/c1-17-11-21(19-13-20(29)26(34)32(15-19)14-18-7-8-24-25(12-18)39-16-38-24)31-27(30-17)41(36,37)10-4-9-33-22-5-2-3-6-23(22)40-28(33)35/h2-3,5-8,11-13,15H,4,9-10,14,16H2,1H3. The summed E-state index contributed by atoms with van der Waals surface area (Å²) in [6, 6.07) is 14.6. The van der Waals surface area contributed by atoms with E-state index in [4.69, 9.17) is 13.9 Å². The second kappa shape index (κ2) is 10.3. The van der Waals surface area contributed by atoms with Crippen LogP contribution in [-0.4, -0.2) is 40.1 Å². The molecule has 0 saturated carbocycles. The maximum absolute atomic E-state index is 14.8. The van der Waals surface area contributed by atoms with Crippen molar-refractivity contribution < 1.29 is 26.7 Å². The molecule has 0 fully saturated rings. The van der Waals surface area contributed by atoms with E-state index in [0.717, 1.165) is 6.07 Å². The molecule has 0 amide bonds. The number of ether oxygens (including phenoxy) is 2. The molecule has 6 rings (SSSR count). The first kappa shape index (κ1) is 26.4. The van der Waals surface area contributed by atoms with Crippen LogP contribution in [0.4, 0.5) is 4.39 Å². The second-order valence-electron chi connectivity index (χ2n) is 9.53. The molecular formula is C28H23FN4O7S. The highest BCUT2D eigenvalue weighted by Crippen LogP contribution is 2.32. The van der Waals surface area contributed by atoms with E-state index in [9.17, 15) is 22.4 Å². The fourth-order valence-corrected chi connectivity index (χ4v) is 5.86. The predicted molar refractivity (Wildman–Crippen MR) is 145 cm³/mol. The van der Waals surface area contributed by atoms with E-state index in [1.54, 1.807) is 49.4 Å². The zero-order valence-electron chi connectivity index (χ0n) is 21.7. The number of hydrogen-bond acceptors (Lipinski definition) is 9. The van der Waals surface area contributed by atoms with Crippen LogP contribution in [0.3, 0.4) is 0 Å². The highest BCUT2D eigenvalue weighted by Gasteiger charge is 2.21. The minimum absolute atomic E-state index is 0.0392. The summed E-state index contributed by atoms with van der Waals surface area (Å²) < 4.78 is 59.5. The Kier molecular flexibility index (Phi) is 6.66. The van der Waals surface area contributed by atoms with Gasteiger partial charge in [0.1, 0.15) is 0 Å². The summed E-state index contributed by atoms with van der Waals surface area (Å²) in [7, 11) is -3.97. The highest BCUT2D eigenvalue weighted by atomic mass is 32.2. The Morgan fingerprint density at radius 1 is 1.00 bits per heavy atom. The van der Waals surface area contributed by atoms with Gasteiger partial charge in [-0.2, -0.15) is 0 Å². The van der Waals surface area contributed by atoms with Gasteiger partial charge in [0.2, 0.25) is 21.8 Å². The van der Waals surface area contributed by atoms with Gasteiger partial charge in [0.15, 0.2) is 22.9 Å². The van der Waals surface area contributed by atoms with E-state index in [2.05, 4.69) is 9.97 Å². The van der Waals surface area contributed by atoms with Crippen LogP contribution in [-0.2, 0) is 22.9 Å². The van der Waals surface area contributed by atoms with Crippen molar-refractivity contribution in [3.63, 3.8) is 0 Å². The molecule has 1 aliphatic heterocycles. The lowest BCUT2D eigenvalue weighted by Crippen LogP contribution is -2.23. The molecule has 0 radical (unpaired) electrons. The number of benzene rings is 2. The first-order chi connectivity index (χ1) is 19.7. The van der Waals surface area contributed by atoms with Crippen molar-refractivity contribution in [1.29, 1.82) is 0 Å². The molecule has 0 spiro atoms. The number of pyridine rings is 1. The summed E-state index contributed by atoms with van der Waals surface area (Å²) in [5.41, 5.74) is 1.53. The van der Waals surface area contributed by atoms with Crippen LogP contribution < -0.4 is 20.8 Å². The molecular weight excluding hydrogens is 555 g/mol. The van der Waals surface area contributed by atoms with Gasteiger partial charge in [0.05, 0.1) is 23.5 Å². The number of para-hydroxylation sites is 2. The maximum atomic E-state index is 14.8. The zero-order valence-corrected chi connectivity index (χ0v) is 22.6. The average Bonchev–Trinajstić information content (AvgIpc) is 3.54. The molecule has 41 heavy (non-hydrogen) atoms. The Morgan fingerprint density at radius 3 is 2.66 bits per heavy atom. The molecule has 0 N–H and O–H groups in total. The van der Waals surface area contributed by atoms with E-state index in [-0.39, 0.29) is 43.3 Å². The molecule has 0 bridgehead atoms. The zero-order chi connectivity index (χ0) is 28.7. The minimum atomic E-state index is -3.97. The molecule has 13 heteroatoms. The number of sulfone groups is 1.